The highest BCUT2D eigenvalue weighted by Crippen LogP contribution is 2.21. The molecule has 88 valence electrons. The Bertz CT molecular complexity index is 493. The molecule has 0 aliphatic heterocycles. The fourth-order valence-corrected chi connectivity index (χ4v) is 2.43. The van der Waals surface area contributed by atoms with Crippen molar-refractivity contribution in [3.63, 3.8) is 0 Å². The number of nitrogens with one attached hydrogen (secondary N) is 1. The van der Waals surface area contributed by atoms with Gasteiger partial charge in [-0.2, -0.15) is 0 Å². The van der Waals surface area contributed by atoms with Gasteiger partial charge in [-0.1, -0.05) is 29.5 Å². The maximum atomic E-state index is 4.08. The van der Waals surface area contributed by atoms with Gasteiger partial charge in [-0.05, 0) is 24.0 Å². The lowest BCUT2D eigenvalue weighted by molar-refractivity contribution is 0.527. The van der Waals surface area contributed by atoms with Crippen LogP contribution >= 0.6 is 0 Å². The highest BCUT2D eigenvalue weighted by atomic mass is 15.4. The number of aryl methyl sites for hydroxylation is 1. The van der Waals surface area contributed by atoms with Crippen molar-refractivity contribution in [1.82, 2.24) is 20.3 Å². The Labute approximate surface area is 101 Å². The van der Waals surface area contributed by atoms with E-state index in [0.29, 0.717) is 6.04 Å². The fourth-order valence-electron chi connectivity index (χ4n) is 2.43. The Morgan fingerprint density at radius 2 is 2.00 bits per heavy atom. The largest absolute Gasteiger partial charge is 0.308 e. The first-order chi connectivity index (χ1) is 8.31. The molecule has 1 aliphatic carbocycles. The first-order valence-electron chi connectivity index (χ1n) is 5.96. The van der Waals surface area contributed by atoms with Crippen molar-refractivity contribution in [2.45, 2.75) is 25.4 Å². The summed E-state index contributed by atoms with van der Waals surface area (Å²) in [5.74, 6) is 0. The number of benzene rings is 1. The van der Waals surface area contributed by atoms with Crippen LogP contribution in [0.3, 0.4) is 0 Å². The zero-order valence-electron chi connectivity index (χ0n) is 9.93. The molecule has 0 fully saturated rings. The Kier molecular flexibility index (Phi) is 2.65. The van der Waals surface area contributed by atoms with Crippen LogP contribution in [-0.2, 0) is 26.4 Å². The highest BCUT2D eigenvalue weighted by molar-refractivity contribution is 5.33. The first kappa shape index (κ1) is 10.5. The SMILES string of the molecule is Cn1cc(CNC2Cc3ccccc3C2)nn1. The van der Waals surface area contributed by atoms with Gasteiger partial charge in [0.25, 0.3) is 0 Å². The molecule has 0 unspecified atom stereocenters. The zero-order valence-corrected chi connectivity index (χ0v) is 9.93. The van der Waals surface area contributed by atoms with Crippen LogP contribution in [0.5, 0.6) is 0 Å². The first-order valence-corrected chi connectivity index (χ1v) is 5.96. The minimum Gasteiger partial charge on any atom is -0.308 e. The van der Waals surface area contributed by atoms with Gasteiger partial charge in [-0.25, -0.2) is 0 Å². The van der Waals surface area contributed by atoms with E-state index < -0.39 is 0 Å². The molecule has 1 heterocycles. The van der Waals surface area contributed by atoms with Crippen LogP contribution in [0.25, 0.3) is 0 Å². The smallest absolute Gasteiger partial charge is 0.0964 e. The summed E-state index contributed by atoms with van der Waals surface area (Å²) in [5.41, 5.74) is 3.96. The monoisotopic (exact) mass is 228 g/mol. The Balaban J connectivity index is 1.59. The summed E-state index contributed by atoms with van der Waals surface area (Å²) < 4.78 is 1.74. The predicted molar refractivity (Wildman–Crippen MR) is 65.5 cm³/mol. The van der Waals surface area contributed by atoms with Crippen molar-refractivity contribution in [2.24, 2.45) is 7.05 Å². The van der Waals surface area contributed by atoms with Gasteiger partial charge in [0.1, 0.15) is 0 Å². The minimum atomic E-state index is 0.536. The standard InChI is InChI=1S/C13H16N4/c1-17-9-13(15-16-17)8-14-12-6-10-4-2-3-5-11(10)7-12/h2-5,9,12,14H,6-8H2,1H3. The van der Waals surface area contributed by atoms with Crippen molar-refractivity contribution >= 4 is 0 Å². The topological polar surface area (TPSA) is 42.7 Å². The van der Waals surface area contributed by atoms with Crippen molar-refractivity contribution in [3.8, 4) is 0 Å². The molecule has 3 rings (SSSR count). The van der Waals surface area contributed by atoms with E-state index in [1.807, 2.05) is 13.2 Å². The lowest BCUT2D eigenvalue weighted by Crippen LogP contribution is -2.29. The molecule has 4 nitrogen and oxygen atoms in total. The summed E-state index contributed by atoms with van der Waals surface area (Å²) in [7, 11) is 1.89. The number of fused-ring (bicyclic) bond motifs is 1. The van der Waals surface area contributed by atoms with Crippen LogP contribution in [0.1, 0.15) is 16.8 Å². The summed E-state index contributed by atoms with van der Waals surface area (Å²) >= 11 is 0. The lowest BCUT2D eigenvalue weighted by Gasteiger charge is -2.09. The molecule has 0 bridgehead atoms. The van der Waals surface area contributed by atoms with E-state index in [1.165, 1.54) is 11.1 Å². The van der Waals surface area contributed by atoms with E-state index in [-0.39, 0.29) is 0 Å². The van der Waals surface area contributed by atoms with Crippen molar-refractivity contribution in [1.29, 1.82) is 0 Å². The van der Waals surface area contributed by atoms with Crippen LogP contribution < -0.4 is 5.32 Å². The second kappa shape index (κ2) is 4.30. The van der Waals surface area contributed by atoms with Gasteiger partial charge in [0.2, 0.25) is 0 Å². The average Bonchev–Trinajstić information content (AvgIpc) is 2.91. The molecule has 1 aliphatic rings. The molecule has 1 aromatic heterocycles. The van der Waals surface area contributed by atoms with Crippen LogP contribution in [0.4, 0.5) is 0 Å². The molecular formula is C13H16N4. The molecule has 1 aromatic carbocycles. The maximum absolute atomic E-state index is 4.08. The van der Waals surface area contributed by atoms with Crippen LogP contribution in [-0.4, -0.2) is 21.0 Å². The summed E-state index contributed by atoms with van der Waals surface area (Å²) in [6.07, 6.45) is 4.20. The molecule has 0 radical (unpaired) electrons. The summed E-state index contributed by atoms with van der Waals surface area (Å²) in [4.78, 5) is 0. The highest BCUT2D eigenvalue weighted by Gasteiger charge is 2.20. The van der Waals surface area contributed by atoms with E-state index in [1.54, 1.807) is 4.68 Å². The maximum Gasteiger partial charge on any atom is 0.0964 e. The molecule has 4 heteroatoms. The van der Waals surface area contributed by atoms with E-state index in [9.17, 15) is 0 Å². The number of rotatable bonds is 3. The Morgan fingerprint density at radius 3 is 2.59 bits per heavy atom. The summed E-state index contributed by atoms with van der Waals surface area (Å²) in [6.45, 7) is 0.798. The normalized spacial score (nSPS) is 15.1. The third-order valence-corrected chi connectivity index (χ3v) is 3.27. The van der Waals surface area contributed by atoms with Crippen molar-refractivity contribution in [3.05, 3.63) is 47.3 Å². The molecule has 0 saturated carbocycles. The van der Waals surface area contributed by atoms with Gasteiger partial charge in [0.15, 0.2) is 0 Å². The molecule has 0 amide bonds. The van der Waals surface area contributed by atoms with Crippen LogP contribution in [0.2, 0.25) is 0 Å². The molecule has 0 saturated heterocycles. The van der Waals surface area contributed by atoms with E-state index >= 15 is 0 Å². The average molecular weight is 228 g/mol. The number of nitrogens with zero attached hydrogens (tertiary/aromatic N) is 3. The van der Waals surface area contributed by atoms with E-state index in [0.717, 1.165) is 25.1 Å². The minimum absolute atomic E-state index is 0.536. The molecule has 1 N–H and O–H groups in total. The zero-order chi connectivity index (χ0) is 11.7. The molecular weight excluding hydrogens is 212 g/mol. The van der Waals surface area contributed by atoms with E-state index in [2.05, 4.69) is 39.9 Å². The number of hydrogen-bond donors (Lipinski definition) is 1. The quantitative estimate of drug-likeness (QED) is 0.854. The van der Waals surface area contributed by atoms with Crippen molar-refractivity contribution in [2.75, 3.05) is 0 Å². The van der Waals surface area contributed by atoms with Gasteiger partial charge >= 0.3 is 0 Å². The van der Waals surface area contributed by atoms with Gasteiger partial charge in [-0.15, -0.1) is 5.10 Å². The second-order valence-electron chi connectivity index (χ2n) is 4.64. The molecule has 2 aromatic rings. The molecule has 0 atom stereocenters. The third kappa shape index (κ3) is 2.22. The van der Waals surface area contributed by atoms with Crippen LogP contribution in [0, 0.1) is 0 Å². The second-order valence-corrected chi connectivity index (χ2v) is 4.64. The van der Waals surface area contributed by atoms with Gasteiger partial charge in [0, 0.05) is 25.8 Å². The lowest BCUT2D eigenvalue weighted by atomic mass is 10.1. The van der Waals surface area contributed by atoms with Gasteiger partial charge in [0.05, 0.1) is 5.69 Å². The Hall–Kier alpha value is -1.68. The summed E-state index contributed by atoms with van der Waals surface area (Å²) in [6, 6.07) is 9.21. The summed E-state index contributed by atoms with van der Waals surface area (Å²) in [5, 5.41) is 11.5. The fraction of sp³-hybridized carbons (Fsp3) is 0.385. The predicted octanol–water partition coefficient (Wildman–Crippen LogP) is 1.07. The van der Waals surface area contributed by atoms with Gasteiger partial charge in [-0.3, -0.25) is 4.68 Å². The number of hydrogen-bond acceptors (Lipinski definition) is 3. The van der Waals surface area contributed by atoms with Crippen molar-refractivity contribution < 1.29 is 0 Å². The molecule has 0 spiro atoms. The van der Waals surface area contributed by atoms with Gasteiger partial charge < -0.3 is 5.32 Å². The number of aromatic nitrogens is 3. The van der Waals surface area contributed by atoms with E-state index in [4.69, 9.17) is 0 Å². The van der Waals surface area contributed by atoms with Crippen LogP contribution in [0.15, 0.2) is 30.5 Å². The Morgan fingerprint density at radius 1 is 1.29 bits per heavy atom. The third-order valence-electron chi connectivity index (χ3n) is 3.27. The molecule has 17 heavy (non-hydrogen) atoms.